The number of ether oxygens (including phenoxy) is 1. The summed E-state index contributed by atoms with van der Waals surface area (Å²) in [6.07, 6.45) is -4.83. The van der Waals surface area contributed by atoms with Crippen molar-refractivity contribution in [3.63, 3.8) is 0 Å². The molecule has 0 amide bonds. The average molecular weight is 256 g/mol. The lowest BCUT2D eigenvalue weighted by atomic mass is 10.2. The molecule has 4 nitrogen and oxygen atoms in total. The third-order valence-electron chi connectivity index (χ3n) is 2.23. The Hall–Kier alpha value is -0.950. The van der Waals surface area contributed by atoms with Gasteiger partial charge in [0.05, 0.1) is 0 Å². The molecule has 2 heterocycles. The maximum atomic E-state index is 12.6. The van der Waals surface area contributed by atoms with Gasteiger partial charge in [0, 0.05) is 20.1 Å². The van der Waals surface area contributed by atoms with Crippen LogP contribution in [0.25, 0.3) is 0 Å². The van der Waals surface area contributed by atoms with E-state index in [0.29, 0.717) is 13.1 Å². The minimum absolute atomic E-state index is 0.140. The molecule has 1 aromatic heterocycles. The number of rotatable bonds is 2. The summed E-state index contributed by atoms with van der Waals surface area (Å²) in [6, 6.07) is 0. The molecule has 1 aliphatic heterocycles. The van der Waals surface area contributed by atoms with E-state index in [9.17, 15) is 13.2 Å². The van der Waals surface area contributed by atoms with Gasteiger partial charge in [-0.25, -0.2) is 0 Å². The van der Waals surface area contributed by atoms with Crippen LogP contribution in [0.1, 0.15) is 5.69 Å². The van der Waals surface area contributed by atoms with Gasteiger partial charge >= 0.3 is 6.18 Å². The standard InChI is InChI=1S/C8H9ClF3N3O/c1-15-7(9)5(16-4-2-13-3-4)6(14-15)8(10,11)12/h4,13H,2-3H2,1H3. The minimum Gasteiger partial charge on any atom is -0.482 e. The lowest BCUT2D eigenvalue weighted by molar-refractivity contribution is -0.143. The largest absolute Gasteiger partial charge is 0.482 e. The number of hydrogen-bond acceptors (Lipinski definition) is 3. The Kier molecular flexibility index (Phi) is 2.75. The number of aryl methyl sites for hydroxylation is 1. The van der Waals surface area contributed by atoms with E-state index >= 15 is 0 Å². The first-order chi connectivity index (χ1) is 7.39. The second-order valence-electron chi connectivity index (χ2n) is 3.49. The van der Waals surface area contributed by atoms with Crippen molar-refractivity contribution in [1.29, 1.82) is 0 Å². The highest BCUT2D eigenvalue weighted by Crippen LogP contribution is 2.40. The van der Waals surface area contributed by atoms with Crippen LogP contribution in [0.15, 0.2) is 0 Å². The molecule has 8 heteroatoms. The summed E-state index contributed by atoms with van der Waals surface area (Å²) in [6.45, 7) is 1.03. The molecule has 1 aromatic rings. The third kappa shape index (κ3) is 1.97. The second kappa shape index (κ2) is 3.81. The summed E-state index contributed by atoms with van der Waals surface area (Å²) >= 11 is 5.70. The van der Waals surface area contributed by atoms with Gasteiger partial charge in [-0.3, -0.25) is 4.68 Å². The van der Waals surface area contributed by atoms with E-state index in [2.05, 4.69) is 10.4 Å². The summed E-state index contributed by atoms with van der Waals surface area (Å²) in [5.74, 6) is -0.386. The fraction of sp³-hybridized carbons (Fsp3) is 0.625. The molecular formula is C8H9ClF3N3O. The zero-order valence-electron chi connectivity index (χ0n) is 8.31. The Morgan fingerprint density at radius 1 is 1.50 bits per heavy atom. The topological polar surface area (TPSA) is 39.1 Å². The molecule has 0 atom stereocenters. The van der Waals surface area contributed by atoms with Gasteiger partial charge in [0.25, 0.3) is 0 Å². The van der Waals surface area contributed by atoms with Gasteiger partial charge in [-0.1, -0.05) is 11.6 Å². The van der Waals surface area contributed by atoms with Gasteiger partial charge in [0.15, 0.2) is 10.9 Å². The van der Waals surface area contributed by atoms with Gasteiger partial charge in [-0.2, -0.15) is 18.3 Å². The van der Waals surface area contributed by atoms with Crippen LogP contribution in [0.2, 0.25) is 5.15 Å². The molecular weight excluding hydrogens is 247 g/mol. The molecule has 1 N–H and O–H groups in total. The Morgan fingerprint density at radius 3 is 2.56 bits per heavy atom. The van der Waals surface area contributed by atoms with Crippen molar-refractivity contribution in [3.8, 4) is 5.75 Å². The summed E-state index contributed by atoms with van der Waals surface area (Å²) in [4.78, 5) is 0. The van der Waals surface area contributed by atoms with E-state index in [-0.39, 0.29) is 17.0 Å². The summed E-state index contributed by atoms with van der Waals surface area (Å²) < 4.78 is 43.9. The Balaban J connectivity index is 2.32. The quantitative estimate of drug-likeness (QED) is 0.869. The third-order valence-corrected chi connectivity index (χ3v) is 2.65. The average Bonchev–Trinajstić information content (AvgIpc) is 2.37. The number of nitrogens with one attached hydrogen (secondary N) is 1. The van der Waals surface area contributed by atoms with Crippen molar-refractivity contribution in [1.82, 2.24) is 15.1 Å². The van der Waals surface area contributed by atoms with Gasteiger partial charge in [-0.05, 0) is 0 Å². The van der Waals surface area contributed by atoms with Gasteiger partial charge < -0.3 is 10.1 Å². The van der Waals surface area contributed by atoms with Crippen LogP contribution in [0, 0.1) is 0 Å². The number of nitrogens with zero attached hydrogens (tertiary/aromatic N) is 2. The first-order valence-electron chi connectivity index (χ1n) is 4.56. The molecule has 1 saturated heterocycles. The van der Waals surface area contributed by atoms with Crippen LogP contribution in [0.4, 0.5) is 13.2 Å². The van der Waals surface area contributed by atoms with Crippen molar-refractivity contribution in [3.05, 3.63) is 10.8 Å². The van der Waals surface area contributed by atoms with Crippen LogP contribution in [0.3, 0.4) is 0 Å². The molecule has 16 heavy (non-hydrogen) atoms. The van der Waals surface area contributed by atoms with Gasteiger partial charge in [0.1, 0.15) is 6.10 Å². The fourth-order valence-electron chi connectivity index (χ4n) is 1.29. The van der Waals surface area contributed by atoms with Crippen LogP contribution in [0.5, 0.6) is 5.75 Å². The highest BCUT2D eigenvalue weighted by molar-refractivity contribution is 6.31. The Labute approximate surface area is 94.3 Å². The zero-order valence-corrected chi connectivity index (χ0v) is 9.06. The number of halogens is 4. The normalized spacial score (nSPS) is 17.3. The molecule has 0 radical (unpaired) electrons. The van der Waals surface area contributed by atoms with Crippen molar-refractivity contribution in [2.24, 2.45) is 7.05 Å². The monoisotopic (exact) mass is 255 g/mol. The number of alkyl halides is 3. The summed E-state index contributed by atoms with van der Waals surface area (Å²) in [5.41, 5.74) is -1.08. The summed E-state index contributed by atoms with van der Waals surface area (Å²) in [7, 11) is 1.34. The van der Waals surface area contributed by atoms with Crippen LogP contribution < -0.4 is 10.1 Å². The summed E-state index contributed by atoms with van der Waals surface area (Å²) in [5, 5.41) is 6.06. The molecule has 0 bridgehead atoms. The molecule has 90 valence electrons. The van der Waals surface area contributed by atoms with E-state index in [1.165, 1.54) is 7.05 Å². The molecule has 1 fully saturated rings. The lowest BCUT2D eigenvalue weighted by Crippen LogP contribution is -2.50. The smallest absolute Gasteiger partial charge is 0.438 e. The minimum atomic E-state index is -4.56. The molecule has 0 aromatic carbocycles. The van der Waals surface area contributed by atoms with E-state index in [1.807, 2.05) is 0 Å². The van der Waals surface area contributed by atoms with E-state index < -0.39 is 11.9 Å². The SMILES string of the molecule is Cn1nc(C(F)(F)F)c(OC2CNC2)c1Cl. The predicted molar refractivity (Wildman–Crippen MR) is 50.5 cm³/mol. The molecule has 2 rings (SSSR count). The van der Waals surface area contributed by atoms with Crippen LogP contribution in [-0.4, -0.2) is 29.0 Å². The van der Waals surface area contributed by atoms with E-state index in [4.69, 9.17) is 16.3 Å². The van der Waals surface area contributed by atoms with Crippen molar-refractivity contribution in [2.45, 2.75) is 12.3 Å². The maximum Gasteiger partial charge on any atom is 0.438 e. The lowest BCUT2D eigenvalue weighted by Gasteiger charge is -2.27. The molecule has 0 spiro atoms. The van der Waals surface area contributed by atoms with Crippen LogP contribution >= 0.6 is 11.6 Å². The van der Waals surface area contributed by atoms with Crippen molar-refractivity contribution in [2.75, 3.05) is 13.1 Å². The predicted octanol–water partition coefficient (Wildman–Crippen LogP) is 1.44. The van der Waals surface area contributed by atoms with Gasteiger partial charge in [0.2, 0.25) is 5.69 Å². The van der Waals surface area contributed by atoms with Crippen molar-refractivity contribution < 1.29 is 17.9 Å². The van der Waals surface area contributed by atoms with E-state index in [1.54, 1.807) is 0 Å². The first-order valence-corrected chi connectivity index (χ1v) is 4.94. The molecule has 1 aliphatic rings. The highest BCUT2D eigenvalue weighted by Gasteiger charge is 2.41. The van der Waals surface area contributed by atoms with E-state index in [0.717, 1.165) is 4.68 Å². The first kappa shape index (κ1) is 11.5. The molecule has 0 aliphatic carbocycles. The highest BCUT2D eigenvalue weighted by atomic mass is 35.5. The molecule has 0 unspecified atom stereocenters. The Bertz CT molecular complexity index is 400. The fourth-order valence-corrected chi connectivity index (χ4v) is 1.46. The Morgan fingerprint density at radius 2 is 2.12 bits per heavy atom. The second-order valence-corrected chi connectivity index (χ2v) is 3.85. The number of hydrogen-bond donors (Lipinski definition) is 1. The zero-order chi connectivity index (χ0) is 11.9. The molecule has 0 saturated carbocycles. The number of aromatic nitrogens is 2. The maximum absolute atomic E-state index is 12.6. The van der Waals surface area contributed by atoms with Crippen LogP contribution in [-0.2, 0) is 13.2 Å². The van der Waals surface area contributed by atoms with Gasteiger partial charge in [-0.15, -0.1) is 0 Å². The van der Waals surface area contributed by atoms with Crippen molar-refractivity contribution >= 4 is 11.6 Å².